The summed E-state index contributed by atoms with van der Waals surface area (Å²) >= 11 is 0. The zero-order chi connectivity index (χ0) is 15.4. The van der Waals surface area contributed by atoms with E-state index >= 15 is 0 Å². The second kappa shape index (κ2) is 7.98. The van der Waals surface area contributed by atoms with Crippen molar-refractivity contribution >= 4 is 21.5 Å². The third kappa shape index (κ3) is 4.29. The van der Waals surface area contributed by atoms with Crippen LogP contribution in [0.3, 0.4) is 0 Å². The van der Waals surface area contributed by atoms with Gasteiger partial charge in [-0.15, -0.1) is 39.7 Å². The zero-order valence-electron chi connectivity index (χ0n) is 15.3. The van der Waals surface area contributed by atoms with Crippen molar-refractivity contribution in [3.8, 4) is 0 Å². The van der Waals surface area contributed by atoms with Crippen molar-refractivity contribution in [1.82, 2.24) is 0 Å². The molecule has 127 valence electrons. The van der Waals surface area contributed by atoms with E-state index in [0.717, 1.165) is 0 Å². The molecule has 0 saturated heterocycles. The minimum atomic E-state index is 0. The second-order valence-electron chi connectivity index (χ2n) is 8.22. The summed E-state index contributed by atoms with van der Waals surface area (Å²) in [6.45, 7) is 13.7. The van der Waals surface area contributed by atoms with Gasteiger partial charge in [0.15, 0.2) is 0 Å². The van der Waals surface area contributed by atoms with Crippen molar-refractivity contribution in [3.63, 3.8) is 0 Å². The Kier molecular flexibility index (Phi) is 7.91. The normalized spacial score (nSPS) is 11.6. The third-order valence-electron chi connectivity index (χ3n) is 4.40. The maximum atomic E-state index is 2.40. The first-order valence-electron chi connectivity index (χ1n) is 7.81. The van der Waals surface area contributed by atoms with E-state index in [1.807, 2.05) is 0 Å². The maximum absolute atomic E-state index is 2.40. The molecular formula is C21H25Cl2Zr. The minimum absolute atomic E-state index is 0. The smallest absolute Gasteiger partial charge is 1.00 e. The molecule has 0 nitrogen and oxygen atoms in total. The van der Waals surface area contributed by atoms with Gasteiger partial charge in [-0.1, -0.05) is 76.9 Å². The Balaban J connectivity index is 0.00000176. The first kappa shape index (κ1) is 23.8. The SMILES string of the molecule is CC(C)(C)c1ccc2[cH-]c3cccc(C(C)(C)C)c3c2c1.[Cl-].[Cl-].[Zr+3]. The molecule has 0 heterocycles. The molecule has 0 saturated carbocycles. The molecule has 1 radical (unpaired) electrons. The van der Waals surface area contributed by atoms with Crippen LogP contribution in [0.15, 0.2) is 42.5 Å². The topological polar surface area (TPSA) is 0 Å². The minimum Gasteiger partial charge on any atom is -1.00 e. The number of fused-ring (bicyclic) bond motifs is 3. The van der Waals surface area contributed by atoms with Crippen molar-refractivity contribution in [3.05, 3.63) is 53.6 Å². The van der Waals surface area contributed by atoms with Crippen molar-refractivity contribution < 1.29 is 51.0 Å². The molecule has 0 aliphatic heterocycles. The number of hydrogen-bond donors (Lipinski definition) is 0. The summed E-state index contributed by atoms with van der Waals surface area (Å²) < 4.78 is 0. The van der Waals surface area contributed by atoms with Crippen LogP contribution >= 0.6 is 0 Å². The number of benzene rings is 2. The first-order valence-corrected chi connectivity index (χ1v) is 7.81. The van der Waals surface area contributed by atoms with Gasteiger partial charge in [-0.25, -0.2) is 0 Å². The van der Waals surface area contributed by atoms with E-state index in [1.54, 1.807) is 0 Å². The fourth-order valence-electron chi connectivity index (χ4n) is 3.15. The maximum Gasteiger partial charge on any atom is 3.00 e. The average molecular weight is 440 g/mol. The fraction of sp³-hybridized carbons (Fsp3) is 0.381. The van der Waals surface area contributed by atoms with Gasteiger partial charge >= 0.3 is 26.2 Å². The molecule has 24 heavy (non-hydrogen) atoms. The Bertz CT molecular complexity index is 817. The van der Waals surface area contributed by atoms with E-state index in [-0.39, 0.29) is 61.8 Å². The molecule has 0 fully saturated rings. The van der Waals surface area contributed by atoms with Gasteiger partial charge in [-0.3, -0.25) is 0 Å². The Morgan fingerprint density at radius 3 is 1.92 bits per heavy atom. The van der Waals surface area contributed by atoms with E-state index in [0.29, 0.717) is 0 Å². The standard InChI is InChI=1S/C21H25.2ClH.Zr/c1-20(2,3)16-11-10-14-12-15-8-7-9-18(21(4,5)6)19(15)17(14)13-16;;;/h7-13H,1-6H3;2*1H;/q-1;;;+3/p-2. The summed E-state index contributed by atoms with van der Waals surface area (Å²) in [6, 6.07) is 16.0. The van der Waals surface area contributed by atoms with E-state index < -0.39 is 0 Å². The molecule has 3 heteroatoms. The van der Waals surface area contributed by atoms with Gasteiger partial charge in [0.2, 0.25) is 0 Å². The predicted octanol–water partition coefficient (Wildman–Crippen LogP) is 0.312. The first-order chi connectivity index (χ1) is 9.68. The van der Waals surface area contributed by atoms with E-state index in [1.165, 1.54) is 32.7 Å². The molecule has 0 aliphatic rings. The zero-order valence-corrected chi connectivity index (χ0v) is 19.3. The summed E-state index contributed by atoms with van der Waals surface area (Å²) in [7, 11) is 0. The molecule has 0 bridgehead atoms. The molecule has 3 aromatic carbocycles. The summed E-state index contributed by atoms with van der Waals surface area (Å²) in [6.07, 6.45) is 0. The fourth-order valence-corrected chi connectivity index (χ4v) is 3.15. The monoisotopic (exact) mass is 437 g/mol. The Morgan fingerprint density at radius 1 is 0.750 bits per heavy atom. The van der Waals surface area contributed by atoms with Gasteiger partial charge in [-0.2, -0.15) is 0 Å². The van der Waals surface area contributed by atoms with Crippen LogP contribution in [0, 0.1) is 0 Å². The Morgan fingerprint density at radius 2 is 1.38 bits per heavy atom. The summed E-state index contributed by atoms with van der Waals surface area (Å²) in [4.78, 5) is 0. The average Bonchev–Trinajstić information content (AvgIpc) is 2.73. The van der Waals surface area contributed by atoms with Gasteiger partial charge < -0.3 is 24.8 Å². The van der Waals surface area contributed by atoms with Crippen molar-refractivity contribution in [2.24, 2.45) is 0 Å². The molecule has 0 spiro atoms. The van der Waals surface area contributed by atoms with Crippen LogP contribution in [0.4, 0.5) is 0 Å². The molecule has 0 unspecified atom stereocenters. The van der Waals surface area contributed by atoms with Crippen LogP contribution in [-0.4, -0.2) is 0 Å². The van der Waals surface area contributed by atoms with Crippen LogP contribution in [-0.2, 0) is 37.0 Å². The Hall–Kier alpha value is -0.227. The molecule has 3 aromatic rings. The second-order valence-corrected chi connectivity index (χ2v) is 8.22. The third-order valence-corrected chi connectivity index (χ3v) is 4.40. The van der Waals surface area contributed by atoms with Crippen LogP contribution in [0.2, 0.25) is 0 Å². The van der Waals surface area contributed by atoms with Crippen LogP contribution in [0.25, 0.3) is 21.5 Å². The Labute approximate surface area is 177 Å². The summed E-state index contributed by atoms with van der Waals surface area (Å²) in [5, 5.41) is 5.56. The molecule has 0 amide bonds. The number of rotatable bonds is 0. The quantitative estimate of drug-likeness (QED) is 0.443. The van der Waals surface area contributed by atoms with Crippen LogP contribution in [0.5, 0.6) is 0 Å². The largest absolute Gasteiger partial charge is 3.00 e. The number of hydrogen-bond acceptors (Lipinski definition) is 0. The van der Waals surface area contributed by atoms with Crippen molar-refractivity contribution in [1.29, 1.82) is 0 Å². The van der Waals surface area contributed by atoms with Crippen molar-refractivity contribution in [2.45, 2.75) is 52.4 Å². The van der Waals surface area contributed by atoms with Gasteiger partial charge in [0.05, 0.1) is 0 Å². The van der Waals surface area contributed by atoms with Gasteiger partial charge in [0.1, 0.15) is 0 Å². The molecule has 0 atom stereocenters. The molecule has 3 rings (SSSR count). The summed E-state index contributed by atoms with van der Waals surface area (Å²) in [5.74, 6) is 0. The molecular weight excluding hydrogens is 414 g/mol. The molecule has 0 N–H and O–H groups in total. The van der Waals surface area contributed by atoms with Gasteiger partial charge in [0.25, 0.3) is 0 Å². The van der Waals surface area contributed by atoms with Gasteiger partial charge in [-0.05, 0) is 10.8 Å². The molecule has 0 aromatic heterocycles. The van der Waals surface area contributed by atoms with E-state index in [9.17, 15) is 0 Å². The van der Waals surface area contributed by atoms with Crippen LogP contribution in [0.1, 0.15) is 52.7 Å². The van der Waals surface area contributed by atoms with Crippen molar-refractivity contribution in [2.75, 3.05) is 0 Å². The predicted molar refractivity (Wildman–Crippen MR) is 94.4 cm³/mol. The summed E-state index contributed by atoms with van der Waals surface area (Å²) in [5.41, 5.74) is 3.21. The number of halogens is 2. The van der Waals surface area contributed by atoms with E-state index in [2.05, 4.69) is 84.0 Å². The van der Waals surface area contributed by atoms with Crippen LogP contribution < -0.4 is 24.8 Å². The van der Waals surface area contributed by atoms with E-state index in [4.69, 9.17) is 0 Å². The van der Waals surface area contributed by atoms with Gasteiger partial charge in [0, 0.05) is 0 Å². The molecule has 0 aliphatic carbocycles.